The predicted octanol–water partition coefficient (Wildman–Crippen LogP) is 0.788. The number of rotatable bonds is 3. The lowest BCUT2D eigenvalue weighted by Gasteiger charge is -2.31. The van der Waals surface area contributed by atoms with Crippen LogP contribution in [0.2, 0.25) is 0 Å². The van der Waals surface area contributed by atoms with E-state index in [4.69, 9.17) is 10.5 Å². The van der Waals surface area contributed by atoms with Gasteiger partial charge in [0.2, 0.25) is 0 Å². The minimum Gasteiger partial charge on any atom is -0.495 e. The van der Waals surface area contributed by atoms with Crippen LogP contribution in [0.4, 0.5) is 10.5 Å². The number of hydrogen-bond donors (Lipinski definition) is 2. The third kappa shape index (κ3) is 3.10. The summed E-state index contributed by atoms with van der Waals surface area (Å²) in [6.07, 6.45) is 1.87. The van der Waals surface area contributed by atoms with Crippen molar-refractivity contribution in [3.63, 3.8) is 0 Å². The van der Waals surface area contributed by atoms with E-state index in [-0.39, 0.29) is 18.0 Å². The Morgan fingerprint density at radius 1 is 1.39 bits per heavy atom. The second-order valence-corrected chi connectivity index (χ2v) is 5.92. The standard InChI is InChI=1S/C16H22N4O3/c1-23-14-5-4-11(9-13(14)20-8-6-18-16(20)22)15(21)19-7-2-3-12(17)10-19/h4-5,9,12H,2-3,6-8,10,17H2,1H3,(H,18,22)/t12-/m0/s1. The normalized spacial score (nSPS) is 21.3. The lowest BCUT2D eigenvalue weighted by atomic mass is 10.0. The van der Waals surface area contributed by atoms with Crippen LogP contribution in [0.3, 0.4) is 0 Å². The fraction of sp³-hybridized carbons (Fsp3) is 0.500. The number of nitrogens with two attached hydrogens (primary N) is 1. The van der Waals surface area contributed by atoms with Gasteiger partial charge in [-0.3, -0.25) is 9.69 Å². The third-order valence-corrected chi connectivity index (χ3v) is 4.32. The summed E-state index contributed by atoms with van der Waals surface area (Å²) in [6.45, 7) is 2.44. The number of anilines is 1. The van der Waals surface area contributed by atoms with E-state index in [1.165, 1.54) is 0 Å². The number of amides is 3. The highest BCUT2D eigenvalue weighted by molar-refractivity contribution is 6.00. The van der Waals surface area contributed by atoms with Gasteiger partial charge in [0.1, 0.15) is 5.75 Å². The molecule has 2 aliphatic rings. The van der Waals surface area contributed by atoms with Crippen LogP contribution in [-0.2, 0) is 0 Å². The molecule has 2 fully saturated rings. The molecule has 2 aliphatic heterocycles. The Labute approximate surface area is 135 Å². The van der Waals surface area contributed by atoms with Gasteiger partial charge in [-0.15, -0.1) is 0 Å². The molecule has 0 aliphatic carbocycles. The maximum absolute atomic E-state index is 12.7. The number of nitrogens with one attached hydrogen (secondary N) is 1. The fourth-order valence-corrected chi connectivity index (χ4v) is 3.11. The van der Waals surface area contributed by atoms with E-state index in [0.29, 0.717) is 36.6 Å². The zero-order valence-corrected chi connectivity index (χ0v) is 13.2. The quantitative estimate of drug-likeness (QED) is 0.862. The smallest absolute Gasteiger partial charge is 0.322 e. The molecule has 0 saturated carbocycles. The molecule has 0 radical (unpaired) electrons. The summed E-state index contributed by atoms with van der Waals surface area (Å²) in [4.78, 5) is 28.0. The topological polar surface area (TPSA) is 87.9 Å². The zero-order chi connectivity index (χ0) is 16.4. The molecule has 0 spiro atoms. The van der Waals surface area contributed by atoms with Gasteiger partial charge in [-0.1, -0.05) is 0 Å². The van der Waals surface area contributed by atoms with Crippen molar-refractivity contribution in [2.24, 2.45) is 5.73 Å². The molecule has 3 amide bonds. The van der Waals surface area contributed by atoms with Crippen molar-refractivity contribution < 1.29 is 14.3 Å². The molecule has 0 bridgehead atoms. The van der Waals surface area contributed by atoms with Gasteiger partial charge in [-0.05, 0) is 31.0 Å². The van der Waals surface area contributed by atoms with E-state index in [1.807, 2.05) is 0 Å². The van der Waals surface area contributed by atoms with Crippen molar-refractivity contribution >= 4 is 17.6 Å². The number of methoxy groups -OCH3 is 1. The molecule has 7 heteroatoms. The van der Waals surface area contributed by atoms with Crippen molar-refractivity contribution in [1.29, 1.82) is 0 Å². The molecule has 3 rings (SSSR count). The number of piperidine rings is 1. The van der Waals surface area contributed by atoms with Gasteiger partial charge in [0.25, 0.3) is 5.91 Å². The average Bonchev–Trinajstić information content (AvgIpc) is 2.99. The first-order chi connectivity index (χ1) is 11.1. The monoisotopic (exact) mass is 318 g/mol. The highest BCUT2D eigenvalue weighted by Gasteiger charge is 2.27. The molecule has 2 heterocycles. The van der Waals surface area contributed by atoms with Gasteiger partial charge < -0.3 is 20.7 Å². The number of carbonyl (C=O) groups excluding carboxylic acids is 2. The molecule has 1 aromatic carbocycles. The molecule has 0 aromatic heterocycles. The average molecular weight is 318 g/mol. The van der Waals surface area contributed by atoms with Crippen LogP contribution in [0.5, 0.6) is 5.75 Å². The van der Waals surface area contributed by atoms with Gasteiger partial charge in [0.05, 0.1) is 12.8 Å². The minimum absolute atomic E-state index is 0.0368. The molecular formula is C16H22N4O3. The summed E-state index contributed by atoms with van der Waals surface area (Å²) < 4.78 is 5.34. The van der Waals surface area contributed by atoms with E-state index in [0.717, 1.165) is 19.4 Å². The second-order valence-electron chi connectivity index (χ2n) is 5.92. The van der Waals surface area contributed by atoms with Gasteiger partial charge in [0, 0.05) is 37.8 Å². The molecule has 2 saturated heterocycles. The summed E-state index contributed by atoms with van der Waals surface area (Å²) in [5.74, 6) is 0.526. The number of nitrogens with zero attached hydrogens (tertiary/aromatic N) is 2. The zero-order valence-electron chi connectivity index (χ0n) is 13.2. The Bertz CT molecular complexity index is 619. The first kappa shape index (κ1) is 15.6. The van der Waals surface area contributed by atoms with E-state index < -0.39 is 0 Å². The lowest BCUT2D eigenvalue weighted by molar-refractivity contribution is 0.0709. The number of ether oxygens (including phenoxy) is 1. The molecule has 7 nitrogen and oxygen atoms in total. The molecule has 1 atom stereocenters. The van der Waals surface area contributed by atoms with Crippen molar-refractivity contribution in [3.05, 3.63) is 23.8 Å². The number of likely N-dealkylation sites (tertiary alicyclic amines) is 1. The van der Waals surface area contributed by atoms with Gasteiger partial charge in [0.15, 0.2) is 0 Å². The first-order valence-electron chi connectivity index (χ1n) is 7.88. The fourth-order valence-electron chi connectivity index (χ4n) is 3.11. The van der Waals surface area contributed by atoms with Crippen LogP contribution in [0, 0.1) is 0 Å². The first-order valence-corrected chi connectivity index (χ1v) is 7.88. The molecule has 1 aromatic rings. The van der Waals surface area contributed by atoms with Gasteiger partial charge >= 0.3 is 6.03 Å². The summed E-state index contributed by atoms with van der Waals surface area (Å²) in [5.41, 5.74) is 7.13. The number of urea groups is 1. The Hall–Kier alpha value is -2.28. The van der Waals surface area contributed by atoms with E-state index >= 15 is 0 Å². The maximum Gasteiger partial charge on any atom is 0.322 e. The summed E-state index contributed by atoms with van der Waals surface area (Å²) in [6, 6.07) is 5.06. The van der Waals surface area contributed by atoms with E-state index in [9.17, 15) is 9.59 Å². The minimum atomic E-state index is -0.173. The van der Waals surface area contributed by atoms with Crippen LogP contribution in [0.1, 0.15) is 23.2 Å². The molecule has 124 valence electrons. The van der Waals surface area contributed by atoms with Crippen LogP contribution >= 0.6 is 0 Å². The Balaban J connectivity index is 1.88. The van der Waals surface area contributed by atoms with E-state index in [2.05, 4.69) is 5.32 Å². The van der Waals surface area contributed by atoms with Crippen LogP contribution in [-0.4, -0.2) is 56.2 Å². The highest BCUT2D eigenvalue weighted by Crippen LogP contribution is 2.31. The number of benzene rings is 1. The van der Waals surface area contributed by atoms with Gasteiger partial charge in [-0.2, -0.15) is 0 Å². The SMILES string of the molecule is COc1ccc(C(=O)N2CCC[C@H](N)C2)cc1N1CCNC1=O. The largest absolute Gasteiger partial charge is 0.495 e. The Morgan fingerprint density at radius 2 is 2.22 bits per heavy atom. The number of hydrogen-bond acceptors (Lipinski definition) is 4. The number of carbonyl (C=O) groups is 2. The van der Waals surface area contributed by atoms with Crippen molar-refractivity contribution in [2.45, 2.75) is 18.9 Å². The second kappa shape index (κ2) is 6.45. The van der Waals surface area contributed by atoms with Crippen LogP contribution in [0.15, 0.2) is 18.2 Å². The third-order valence-electron chi connectivity index (χ3n) is 4.32. The predicted molar refractivity (Wildman–Crippen MR) is 86.9 cm³/mol. The molecule has 0 unspecified atom stereocenters. The molecule has 3 N–H and O–H groups in total. The lowest BCUT2D eigenvalue weighted by Crippen LogP contribution is -2.45. The highest BCUT2D eigenvalue weighted by atomic mass is 16.5. The van der Waals surface area contributed by atoms with Crippen LogP contribution < -0.4 is 20.7 Å². The van der Waals surface area contributed by atoms with E-state index in [1.54, 1.807) is 35.1 Å². The summed E-state index contributed by atoms with van der Waals surface area (Å²) >= 11 is 0. The van der Waals surface area contributed by atoms with Crippen molar-refractivity contribution in [3.8, 4) is 5.75 Å². The van der Waals surface area contributed by atoms with Crippen LogP contribution in [0.25, 0.3) is 0 Å². The maximum atomic E-state index is 12.7. The molecular weight excluding hydrogens is 296 g/mol. The van der Waals surface area contributed by atoms with Crippen molar-refractivity contribution in [1.82, 2.24) is 10.2 Å². The Kier molecular flexibility index (Phi) is 4.38. The van der Waals surface area contributed by atoms with Crippen molar-refractivity contribution in [2.75, 3.05) is 38.2 Å². The Morgan fingerprint density at radius 3 is 2.87 bits per heavy atom. The summed E-state index contributed by atoms with van der Waals surface area (Å²) in [7, 11) is 1.55. The summed E-state index contributed by atoms with van der Waals surface area (Å²) in [5, 5.41) is 2.76. The van der Waals surface area contributed by atoms with Gasteiger partial charge in [-0.25, -0.2) is 4.79 Å². The molecule has 23 heavy (non-hydrogen) atoms.